The molecule has 0 bridgehead atoms. The lowest BCUT2D eigenvalue weighted by Crippen LogP contribution is -2.28. The van der Waals surface area contributed by atoms with E-state index in [2.05, 4.69) is 5.32 Å². The molecule has 1 aromatic heterocycles. The number of hydrogen-bond donors (Lipinski definition) is 2. The van der Waals surface area contributed by atoms with E-state index in [9.17, 15) is 9.59 Å². The number of nitrogens with one attached hydrogen (secondary N) is 1. The van der Waals surface area contributed by atoms with Crippen molar-refractivity contribution in [1.29, 1.82) is 0 Å². The third-order valence-corrected chi connectivity index (χ3v) is 3.49. The van der Waals surface area contributed by atoms with Crippen molar-refractivity contribution in [3.63, 3.8) is 0 Å². The molecular weight excluding hydrogens is 230 g/mol. The van der Waals surface area contributed by atoms with Crippen LogP contribution in [0.2, 0.25) is 0 Å². The van der Waals surface area contributed by atoms with Crippen molar-refractivity contribution in [2.45, 2.75) is 13.0 Å². The number of carboxylic acid groups (broad SMARTS) is 1. The van der Waals surface area contributed by atoms with Crippen molar-refractivity contribution in [1.82, 2.24) is 5.32 Å². The summed E-state index contributed by atoms with van der Waals surface area (Å²) in [5, 5.41) is 10.8. The minimum Gasteiger partial charge on any atom is -0.480 e. The van der Waals surface area contributed by atoms with Crippen LogP contribution in [0.15, 0.2) is 6.07 Å². The second kappa shape index (κ2) is 4.63. The standard InChI is InChI=1S/C10H11NO4S/c12-9(13)4-11-10(14)8-3-6-5-15-2-1-7(6)16-8/h3H,1-2,4-5H2,(H,11,14)(H,12,13). The molecule has 2 rings (SSSR count). The predicted molar refractivity (Wildman–Crippen MR) is 57.6 cm³/mol. The van der Waals surface area contributed by atoms with E-state index >= 15 is 0 Å². The van der Waals surface area contributed by atoms with E-state index < -0.39 is 5.97 Å². The van der Waals surface area contributed by atoms with Gasteiger partial charge in [-0.25, -0.2) is 0 Å². The molecule has 0 aliphatic carbocycles. The van der Waals surface area contributed by atoms with E-state index in [1.165, 1.54) is 11.3 Å². The fourth-order valence-corrected chi connectivity index (χ4v) is 2.57. The van der Waals surface area contributed by atoms with Gasteiger partial charge in [-0.2, -0.15) is 0 Å². The van der Waals surface area contributed by atoms with Crippen LogP contribution >= 0.6 is 11.3 Å². The summed E-state index contributed by atoms with van der Waals surface area (Å²) in [5.41, 5.74) is 1.04. The molecule has 1 aliphatic rings. The third kappa shape index (κ3) is 2.40. The van der Waals surface area contributed by atoms with Crippen molar-refractivity contribution in [3.8, 4) is 0 Å². The number of carbonyl (C=O) groups is 2. The number of aliphatic carboxylic acids is 1. The third-order valence-electron chi connectivity index (χ3n) is 2.25. The molecule has 86 valence electrons. The summed E-state index contributed by atoms with van der Waals surface area (Å²) in [6.07, 6.45) is 0.826. The highest BCUT2D eigenvalue weighted by molar-refractivity contribution is 7.14. The average Bonchev–Trinajstić information content (AvgIpc) is 2.69. The van der Waals surface area contributed by atoms with Crippen LogP contribution in [0.1, 0.15) is 20.1 Å². The molecule has 16 heavy (non-hydrogen) atoms. The van der Waals surface area contributed by atoms with Crippen molar-refractivity contribution in [3.05, 3.63) is 21.4 Å². The first-order chi connectivity index (χ1) is 7.66. The highest BCUT2D eigenvalue weighted by Gasteiger charge is 2.17. The number of carboxylic acids is 1. The summed E-state index contributed by atoms with van der Waals surface area (Å²) in [4.78, 5) is 23.6. The molecule has 0 spiro atoms. The van der Waals surface area contributed by atoms with Crippen LogP contribution < -0.4 is 5.32 Å². The minimum absolute atomic E-state index is 0.332. The molecule has 0 saturated heterocycles. The van der Waals surface area contributed by atoms with Gasteiger partial charge in [-0.3, -0.25) is 9.59 Å². The highest BCUT2D eigenvalue weighted by atomic mass is 32.1. The lowest BCUT2D eigenvalue weighted by molar-refractivity contribution is -0.135. The Morgan fingerprint density at radius 2 is 2.38 bits per heavy atom. The van der Waals surface area contributed by atoms with Gasteiger partial charge in [-0.15, -0.1) is 11.3 Å². The predicted octanol–water partition coefficient (Wildman–Crippen LogP) is 0.635. The molecule has 0 saturated carbocycles. The quantitative estimate of drug-likeness (QED) is 0.814. The number of rotatable bonds is 3. The molecule has 2 N–H and O–H groups in total. The first-order valence-corrected chi connectivity index (χ1v) is 5.68. The van der Waals surface area contributed by atoms with Gasteiger partial charge in [0.05, 0.1) is 18.1 Å². The molecule has 0 fully saturated rings. The van der Waals surface area contributed by atoms with Crippen LogP contribution in [-0.4, -0.2) is 30.1 Å². The number of hydrogen-bond acceptors (Lipinski definition) is 4. The van der Waals surface area contributed by atoms with E-state index in [4.69, 9.17) is 9.84 Å². The molecule has 2 heterocycles. The first kappa shape index (κ1) is 11.1. The Bertz CT molecular complexity index is 403. The lowest BCUT2D eigenvalue weighted by Gasteiger charge is -2.10. The van der Waals surface area contributed by atoms with Gasteiger partial charge in [0.2, 0.25) is 0 Å². The second-order valence-electron chi connectivity index (χ2n) is 3.44. The van der Waals surface area contributed by atoms with Crippen molar-refractivity contribution >= 4 is 23.2 Å². The van der Waals surface area contributed by atoms with E-state index in [1.807, 2.05) is 0 Å². The molecule has 0 radical (unpaired) electrons. The number of ether oxygens (including phenoxy) is 1. The summed E-state index contributed by atoms with van der Waals surface area (Å²) >= 11 is 1.41. The maximum Gasteiger partial charge on any atom is 0.322 e. The van der Waals surface area contributed by atoms with Gasteiger partial charge in [-0.05, 0) is 11.6 Å². The maximum atomic E-state index is 11.6. The van der Waals surface area contributed by atoms with E-state index in [0.29, 0.717) is 18.1 Å². The molecule has 6 heteroatoms. The van der Waals surface area contributed by atoms with Crippen LogP contribution in [0.5, 0.6) is 0 Å². The molecule has 0 aromatic carbocycles. The Kier molecular flexibility index (Phi) is 3.21. The number of amides is 1. The largest absolute Gasteiger partial charge is 0.480 e. The first-order valence-electron chi connectivity index (χ1n) is 4.86. The van der Waals surface area contributed by atoms with Crippen LogP contribution in [0.4, 0.5) is 0 Å². The van der Waals surface area contributed by atoms with Crippen LogP contribution in [0, 0.1) is 0 Å². The van der Waals surface area contributed by atoms with Gasteiger partial charge in [0.25, 0.3) is 5.91 Å². The van der Waals surface area contributed by atoms with Gasteiger partial charge in [0.1, 0.15) is 6.54 Å². The second-order valence-corrected chi connectivity index (χ2v) is 4.57. The topological polar surface area (TPSA) is 75.6 Å². The summed E-state index contributed by atoms with van der Waals surface area (Å²) in [5.74, 6) is -1.38. The van der Waals surface area contributed by atoms with Crippen molar-refractivity contribution in [2.75, 3.05) is 13.2 Å². The summed E-state index contributed by atoms with van der Waals surface area (Å²) in [7, 11) is 0. The summed E-state index contributed by atoms with van der Waals surface area (Å²) < 4.78 is 5.27. The molecule has 5 nitrogen and oxygen atoms in total. The fourth-order valence-electron chi connectivity index (χ4n) is 1.50. The summed E-state index contributed by atoms with van der Waals surface area (Å²) in [6, 6.07) is 1.77. The molecule has 1 aromatic rings. The lowest BCUT2D eigenvalue weighted by atomic mass is 10.2. The van der Waals surface area contributed by atoms with E-state index in [-0.39, 0.29) is 12.5 Å². The SMILES string of the molecule is O=C(O)CNC(=O)c1cc2c(s1)CCOC2. The van der Waals surface area contributed by atoms with Crippen molar-refractivity contribution in [2.24, 2.45) is 0 Å². The molecule has 0 atom stereocenters. The fraction of sp³-hybridized carbons (Fsp3) is 0.400. The Balaban J connectivity index is 2.06. The Morgan fingerprint density at radius 3 is 3.06 bits per heavy atom. The van der Waals surface area contributed by atoms with Crippen LogP contribution in [0.3, 0.4) is 0 Å². The Hall–Kier alpha value is -1.40. The normalized spacial score (nSPS) is 14.2. The molecule has 0 unspecified atom stereocenters. The zero-order valence-corrected chi connectivity index (χ0v) is 9.30. The Labute approximate surface area is 96.0 Å². The number of fused-ring (bicyclic) bond motifs is 1. The highest BCUT2D eigenvalue weighted by Crippen LogP contribution is 2.26. The summed E-state index contributed by atoms with van der Waals surface area (Å²) in [6.45, 7) is 0.875. The van der Waals surface area contributed by atoms with Gasteiger partial charge < -0.3 is 15.2 Å². The number of carbonyl (C=O) groups excluding carboxylic acids is 1. The number of thiophene rings is 1. The monoisotopic (exact) mass is 241 g/mol. The zero-order chi connectivity index (χ0) is 11.5. The molecule has 1 amide bonds. The van der Waals surface area contributed by atoms with Gasteiger partial charge in [0, 0.05) is 11.3 Å². The van der Waals surface area contributed by atoms with Crippen LogP contribution in [-0.2, 0) is 22.6 Å². The van der Waals surface area contributed by atoms with E-state index in [1.54, 1.807) is 6.07 Å². The van der Waals surface area contributed by atoms with Gasteiger partial charge >= 0.3 is 5.97 Å². The molecular formula is C10H11NO4S. The Morgan fingerprint density at radius 1 is 1.56 bits per heavy atom. The minimum atomic E-state index is -1.04. The average molecular weight is 241 g/mol. The molecule has 1 aliphatic heterocycles. The van der Waals surface area contributed by atoms with Crippen LogP contribution in [0.25, 0.3) is 0 Å². The van der Waals surface area contributed by atoms with E-state index in [0.717, 1.165) is 16.9 Å². The van der Waals surface area contributed by atoms with Gasteiger partial charge in [-0.1, -0.05) is 0 Å². The smallest absolute Gasteiger partial charge is 0.322 e. The van der Waals surface area contributed by atoms with Gasteiger partial charge in [0.15, 0.2) is 0 Å². The van der Waals surface area contributed by atoms with Crippen molar-refractivity contribution < 1.29 is 19.4 Å². The zero-order valence-electron chi connectivity index (χ0n) is 8.49. The maximum absolute atomic E-state index is 11.6.